The molecule has 0 aromatic heterocycles. The van der Waals surface area contributed by atoms with Gasteiger partial charge in [0.1, 0.15) is 5.54 Å². The quantitative estimate of drug-likeness (QED) is 0.629. The molecule has 1 aliphatic rings. The van der Waals surface area contributed by atoms with Crippen molar-refractivity contribution in [1.29, 1.82) is 0 Å². The van der Waals surface area contributed by atoms with E-state index >= 15 is 0 Å². The van der Waals surface area contributed by atoms with Crippen LogP contribution in [0.3, 0.4) is 0 Å². The van der Waals surface area contributed by atoms with E-state index in [0.29, 0.717) is 32.7 Å². The molecule has 2 N–H and O–H groups in total. The van der Waals surface area contributed by atoms with Crippen LogP contribution < -0.4 is 5.32 Å². The zero-order chi connectivity index (χ0) is 12.0. The summed E-state index contributed by atoms with van der Waals surface area (Å²) in [6.45, 7) is 3.74. The van der Waals surface area contributed by atoms with Crippen molar-refractivity contribution >= 4 is 5.97 Å². The van der Waals surface area contributed by atoms with Gasteiger partial charge in [-0.2, -0.15) is 0 Å². The van der Waals surface area contributed by atoms with Gasteiger partial charge in [-0.3, -0.25) is 4.79 Å². The molecule has 0 amide bonds. The zero-order valence-corrected chi connectivity index (χ0v) is 9.99. The van der Waals surface area contributed by atoms with E-state index in [1.165, 1.54) is 0 Å². The van der Waals surface area contributed by atoms with Crippen LogP contribution in [-0.4, -0.2) is 49.6 Å². The number of hydrogen-bond donors (Lipinski definition) is 2. The fourth-order valence-corrected chi connectivity index (χ4v) is 2.09. The highest BCUT2D eigenvalue weighted by molar-refractivity contribution is 5.79. The van der Waals surface area contributed by atoms with E-state index in [2.05, 4.69) is 5.32 Å². The van der Waals surface area contributed by atoms with Gasteiger partial charge >= 0.3 is 5.97 Å². The topological polar surface area (TPSA) is 67.8 Å². The van der Waals surface area contributed by atoms with E-state index in [-0.39, 0.29) is 6.10 Å². The summed E-state index contributed by atoms with van der Waals surface area (Å²) in [5.74, 6) is -0.786. The maximum atomic E-state index is 11.1. The van der Waals surface area contributed by atoms with Crippen molar-refractivity contribution in [2.24, 2.45) is 0 Å². The molecule has 5 heteroatoms. The summed E-state index contributed by atoms with van der Waals surface area (Å²) in [6, 6.07) is 0. The molecule has 0 saturated heterocycles. The number of rotatable bonds is 7. The Morgan fingerprint density at radius 3 is 2.81 bits per heavy atom. The van der Waals surface area contributed by atoms with E-state index in [1.54, 1.807) is 7.05 Å². The smallest absolute Gasteiger partial charge is 0.323 e. The lowest BCUT2D eigenvalue weighted by molar-refractivity contribution is -0.144. The van der Waals surface area contributed by atoms with E-state index in [9.17, 15) is 4.79 Å². The molecule has 0 aromatic rings. The molecule has 1 fully saturated rings. The Balaban J connectivity index is 2.31. The van der Waals surface area contributed by atoms with Crippen LogP contribution >= 0.6 is 0 Å². The van der Waals surface area contributed by atoms with Gasteiger partial charge in [0.25, 0.3) is 0 Å². The molecule has 0 radical (unpaired) electrons. The maximum absolute atomic E-state index is 11.1. The van der Waals surface area contributed by atoms with Gasteiger partial charge in [-0.25, -0.2) is 0 Å². The Bertz CT molecular complexity index is 234. The van der Waals surface area contributed by atoms with Crippen LogP contribution in [0.4, 0.5) is 0 Å². The van der Waals surface area contributed by atoms with Gasteiger partial charge in [-0.05, 0) is 26.8 Å². The van der Waals surface area contributed by atoms with Gasteiger partial charge in [0.15, 0.2) is 0 Å². The van der Waals surface area contributed by atoms with E-state index in [1.807, 2.05) is 6.92 Å². The van der Waals surface area contributed by atoms with Crippen LogP contribution in [0.1, 0.15) is 26.2 Å². The molecule has 0 aliphatic heterocycles. The zero-order valence-electron chi connectivity index (χ0n) is 9.99. The second-order valence-corrected chi connectivity index (χ2v) is 4.07. The largest absolute Gasteiger partial charge is 0.480 e. The SMILES string of the molecule is CCOCCOC1CCC(NC)(C(=O)O)C1. The molecule has 0 heterocycles. The molecule has 16 heavy (non-hydrogen) atoms. The number of carboxylic acids is 1. The molecule has 0 bridgehead atoms. The highest BCUT2D eigenvalue weighted by Crippen LogP contribution is 2.31. The van der Waals surface area contributed by atoms with Crippen LogP contribution in [-0.2, 0) is 14.3 Å². The lowest BCUT2D eigenvalue weighted by atomic mass is 9.98. The second-order valence-electron chi connectivity index (χ2n) is 4.07. The molecule has 1 aliphatic carbocycles. The summed E-state index contributed by atoms with van der Waals surface area (Å²) in [7, 11) is 1.69. The van der Waals surface area contributed by atoms with Gasteiger partial charge in [0.05, 0.1) is 19.3 Å². The van der Waals surface area contributed by atoms with Crippen molar-refractivity contribution in [2.75, 3.05) is 26.9 Å². The van der Waals surface area contributed by atoms with Gasteiger partial charge in [-0.15, -0.1) is 0 Å². The first kappa shape index (κ1) is 13.4. The monoisotopic (exact) mass is 231 g/mol. The van der Waals surface area contributed by atoms with Crippen molar-refractivity contribution in [3.05, 3.63) is 0 Å². The van der Waals surface area contributed by atoms with Crippen molar-refractivity contribution in [3.8, 4) is 0 Å². The van der Waals surface area contributed by atoms with Crippen molar-refractivity contribution in [1.82, 2.24) is 5.32 Å². The van der Waals surface area contributed by atoms with E-state index < -0.39 is 11.5 Å². The molecule has 1 saturated carbocycles. The summed E-state index contributed by atoms with van der Waals surface area (Å²) in [4.78, 5) is 11.1. The van der Waals surface area contributed by atoms with Crippen LogP contribution in [0, 0.1) is 0 Å². The van der Waals surface area contributed by atoms with Crippen molar-refractivity contribution in [3.63, 3.8) is 0 Å². The molecular weight excluding hydrogens is 210 g/mol. The van der Waals surface area contributed by atoms with E-state index in [4.69, 9.17) is 14.6 Å². The minimum Gasteiger partial charge on any atom is -0.480 e. The molecule has 2 atom stereocenters. The van der Waals surface area contributed by atoms with Gasteiger partial charge in [-0.1, -0.05) is 0 Å². The van der Waals surface area contributed by atoms with E-state index in [0.717, 1.165) is 6.42 Å². The normalized spacial score (nSPS) is 29.5. The van der Waals surface area contributed by atoms with Gasteiger partial charge in [0, 0.05) is 13.0 Å². The summed E-state index contributed by atoms with van der Waals surface area (Å²) >= 11 is 0. The minimum absolute atomic E-state index is 0.0315. The van der Waals surface area contributed by atoms with Crippen LogP contribution in [0.5, 0.6) is 0 Å². The Labute approximate surface area is 96.1 Å². The standard InChI is InChI=1S/C11H21NO4/c1-3-15-6-7-16-9-4-5-11(8-9,12-2)10(13)14/h9,12H,3-8H2,1-2H3,(H,13,14). The number of carbonyl (C=O) groups is 1. The first-order valence-corrected chi connectivity index (χ1v) is 5.76. The molecule has 0 spiro atoms. The van der Waals surface area contributed by atoms with Gasteiger partial charge < -0.3 is 19.9 Å². The highest BCUT2D eigenvalue weighted by atomic mass is 16.5. The fraction of sp³-hybridized carbons (Fsp3) is 0.909. The first-order chi connectivity index (χ1) is 7.64. The Morgan fingerprint density at radius 2 is 2.31 bits per heavy atom. The second kappa shape index (κ2) is 6.18. The lowest BCUT2D eigenvalue weighted by Crippen LogP contribution is -2.48. The van der Waals surface area contributed by atoms with Crippen molar-refractivity contribution in [2.45, 2.75) is 37.8 Å². The third kappa shape index (κ3) is 3.17. The molecule has 2 unspecified atom stereocenters. The Morgan fingerprint density at radius 1 is 1.56 bits per heavy atom. The van der Waals surface area contributed by atoms with Crippen molar-refractivity contribution < 1.29 is 19.4 Å². The molecule has 94 valence electrons. The number of likely N-dealkylation sites (N-methyl/N-ethyl adjacent to an activating group) is 1. The average molecular weight is 231 g/mol. The third-order valence-corrected chi connectivity index (χ3v) is 3.14. The molecule has 0 aromatic carbocycles. The predicted octanol–water partition coefficient (Wildman–Crippen LogP) is 0.635. The Hall–Kier alpha value is -0.650. The lowest BCUT2D eigenvalue weighted by Gasteiger charge is -2.23. The summed E-state index contributed by atoms with van der Waals surface area (Å²) in [6.07, 6.45) is 1.98. The minimum atomic E-state index is -0.795. The maximum Gasteiger partial charge on any atom is 0.323 e. The highest BCUT2D eigenvalue weighted by Gasteiger charge is 2.44. The van der Waals surface area contributed by atoms with Crippen LogP contribution in [0.25, 0.3) is 0 Å². The number of carboxylic acid groups (broad SMARTS) is 1. The number of hydrogen-bond acceptors (Lipinski definition) is 4. The number of aliphatic carboxylic acids is 1. The Kier molecular flexibility index (Phi) is 5.18. The molecule has 1 rings (SSSR count). The molecular formula is C11H21NO4. The fourth-order valence-electron chi connectivity index (χ4n) is 2.09. The summed E-state index contributed by atoms with van der Waals surface area (Å²) in [5.41, 5.74) is -0.795. The third-order valence-electron chi connectivity index (χ3n) is 3.14. The number of nitrogens with one attached hydrogen (secondary N) is 1. The average Bonchev–Trinajstić information content (AvgIpc) is 2.69. The number of ether oxygens (including phenoxy) is 2. The van der Waals surface area contributed by atoms with Gasteiger partial charge in [0.2, 0.25) is 0 Å². The summed E-state index contributed by atoms with van der Waals surface area (Å²) in [5, 5.41) is 12.0. The molecule has 5 nitrogen and oxygen atoms in total. The predicted molar refractivity (Wildman–Crippen MR) is 59.5 cm³/mol. The van der Waals surface area contributed by atoms with Crippen LogP contribution in [0.2, 0.25) is 0 Å². The van der Waals surface area contributed by atoms with Crippen LogP contribution in [0.15, 0.2) is 0 Å². The summed E-state index contributed by atoms with van der Waals surface area (Å²) < 4.78 is 10.7. The first-order valence-electron chi connectivity index (χ1n) is 5.76.